The lowest BCUT2D eigenvalue weighted by molar-refractivity contribution is 0.616. The van der Waals surface area contributed by atoms with Gasteiger partial charge in [0.2, 0.25) is 5.95 Å². The van der Waals surface area contributed by atoms with E-state index in [2.05, 4.69) is 59.3 Å². The number of benzene rings is 2. The van der Waals surface area contributed by atoms with Crippen LogP contribution in [0.5, 0.6) is 0 Å². The van der Waals surface area contributed by atoms with Crippen LogP contribution in [0.1, 0.15) is 29.8 Å². The van der Waals surface area contributed by atoms with Crippen LogP contribution in [0, 0.1) is 6.92 Å². The van der Waals surface area contributed by atoms with Crippen LogP contribution in [0.25, 0.3) is 0 Å². The smallest absolute Gasteiger partial charge is 0.231 e. The molecule has 0 spiro atoms. The van der Waals surface area contributed by atoms with Crippen molar-refractivity contribution in [3.05, 3.63) is 77.5 Å². The average molecular weight is 381 g/mol. The molecule has 5 heteroatoms. The number of aryl methyl sites for hydroxylation is 1. The van der Waals surface area contributed by atoms with Crippen molar-refractivity contribution in [2.75, 3.05) is 23.4 Å². The van der Waals surface area contributed by atoms with E-state index in [-0.39, 0.29) is 12.4 Å². The van der Waals surface area contributed by atoms with Crippen LogP contribution in [0.4, 0.5) is 17.5 Å². The highest BCUT2D eigenvalue weighted by molar-refractivity contribution is 5.85. The van der Waals surface area contributed by atoms with Crippen molar-refractivity contribution in [3.63, 3.8) is 0 Å². The number of halogens is 1. The highest BCUT2D eigenvalue weighted by Crippen LogP contribution is 2.33. The molecule has 1 aromatic heterocycles. The zero-order valence-corrected chi connectivity index (χ0v) is 16.8. The maximum Gasteiger partial charge on any atom is 0.231 e. The predicted molar refractivity (Wildman–Crippen MR) is 114 cm³/mol. The van der Waals surface area contributed by atoms with E-state index in [9.17, 15) is 0 Å². The van der Waals surface area contributed by atoms with Crippen LogP contribution < -0.4 is 9.80 Å². The SMILES string of the molecule is Cc1cc(N2CCc3ccccc3C2C)nc(N(C)c2ccccc2)n1.Cl. The van der Waals surface area contributed by atoms with Crippen molar-refractivity contribution < 1.29 is 0 Å². The van der Waals surface area contributed by atoms with E-state index >= 15 is 0 Å². The molecule has 1 unspecified atom stereocenters. The van der Waals surface area contributed by atoms with E-state index in [1.807, 2.05) is 37.1 Å². The molecule has 0 saturated heterocycles. The first-order valence-electron chi connectivity index (χ1n) is 9.12. The van der Waals surface area contributed by atoms with E-state index in [0.29, 0.717) is 6.04 Å². The molecule has 4 nitrogen and oxygen atoms in total. The second-order valence-electron chi connectivity index (χ2n) is 6.88. The first-order chi connectivity index (χ1) is 12.6. The van der Waals surface area contributed by atoms with E-state index in [1.54, 1.807) is 0 Å². The Labute approximate surface area is 167 Å². The first kappa shape index (κ1) is 19.2. The average Bonchev–Trinajstić information content (AvgIpc) is 2.68. The summed E-state index contributed by atoms with van der Waals surface area (Å²) >= 11 is 0. The molecule has 27 heavy (non-hydrogen) atoms. The van der Waals surface area contributed by atoms with Gasteiger partial charge in [0, 0.05) is 31.0 Å². The highest BCUT2D eigenvalue weighted by Gasteiger charge is 2.25. The fourth-order valence-electron chi connectivity index (χ4n) is 3.69. The molecule has 0 N–H and O–H groups in total. The van der Waals surface area contributed by atoms with E-state index in [1.165, 1.54) is 11.1 Å². The molecule has 1 aliphatic heterocycles. The number of rotatable bonds is 3. The first-order valence-corrected chi connectivity index (χ1v) is 9.12. The van der Waals surface area contributed by atoms with Gasteiger partial charge in [-0.2, -0.15) is 4.98 Å². The van der Waals surface area contributed by atoms with Crippen molar-refractivity contribution in [1.82, 2.24) is 9.97 Å². The van der Waals surface area contributed by atoms with E-state index in [4.69, 9.17) is 4.98 Å². The number of nitrogens with zero attached hydrogens (tertiary/aromatic N) is 4. The number of aromatic nitrogens is 2. The van der Waals surface area contributed by atoms with Crippen LogP contribution in [0.3, 0.4) is 0 Å². The van der Waals surface area contributed by atoms with Crippen molar-refractivity contribution in [3.8, 4) is 0 Å². The van der Waals surface area contributed by atoms with Crippen molar-refractivity contribution in [2.45, 2.75) is 26.3 Å². The summed E-state index contributed by atoms with van der Waals surface area (Å²) < 4.78 is 0. The second-order valence-corrected chi connectivity index (χ2v) is 6.88. The number of para-hydroxylation sites is 1. The van der Waals surface area contributed by atoms with Crippen molar-refractivity contribution >= 4 is 29.9 Å². The van der Waals surface area contributed by atoms with Gasteiger partial charge >= 0.3 is 0 Å². The zero-order valence-electron chi connectivity index (χ0n) is 16.0. The molecule has 4 rings (SSSR count). The minimum atomic E-state index is 0. The Morgan fingerprint density at radius 3 is 2.48 bits per heavy atom. The molecular weight excluding hydrogens is 356 g/mol. The molecular formula is C22H25ClN4. The lowest BCUT2D eigenvalue weighted by Crippen LogP contribution is -2.35. The molecule has 0 amide bonds. The largest absolute Gasteiger partial charge is 0.349 e. The summed E-state index contributed by atoms with van der Waals surface area (Å²) in [5.74, 6) is 1.73. The minimum absolute atomic E-state index is 0. The number of anilines is 3. The Morgan fingerprint density at radius 1 is 1.00 bits per heavy atom. The van der Waals surface area contributed by atoms with Gasteiger partial charge in [0.05, 0.1) is 6.04 Å². The molecule has 0 fully saturated rings. The van der Waals surface area contributed by atoms with Crippen molar-refractivity contribution in [2.24, 2.45) is 0 Å². The highest BCUT2D eigenvalue weighted by atomic mass is 35.5. The summed E-state index contributed by atoms with van der Waals surface area (Å²) in [6.45, 7) is 5.27. The fourth-order valence-corrected chi connectivity index (χ4v) is 3.69. The normalized spacial score (nSPS) is 15.7. The van der Waals surface area contributed by atoms with Crippen LogP contribution in [0.2, 0.25) is 0 Å². The number of hydrogen-bond donors (Lipinski definition) is 0. The summed E-state index contributed by atoms with van der Waals surface area (Å²) in [5, 5.41) is 0. The van der Waals surface area contributed by atoms with Crippen LogP contribution in [0.15, 0.2) is 60.7 Å². The van der Waals surface area contributed by atoms with E-state index < -0.39 is 0 Å². The maximum absolute atomic E-state index is 4.90. The van der Waals surface area contributed by atoms with Crippen LogP contribution >= 0.6 is 12.4 Å². The molecule has 2 aromatic carbocycles. The Hall–Kier alpha value is -2.59. The standard InChI is InChI=1S/C22H24N4.ClH/c1-16-15-21(24-22(23-16)25(3)19-10-5-4-6-11-19)26-14-13-18-9-7-8-12-20(18)17(26)2;/h4-12,15,17H,13-14H2,1-3H3;1H. The molecule has 0 aliphatic carbocycles. The van der Waals surface area contributed by atoms with Gasteiger partial charge < -0.3 is 9.80 Å². The van der Waals surface area contributed by atoms with E-state index in [0.717, 1.165) is 36.1 Å². The van der Waals surface area contributed by atoms with Crippen molar-refractivity contribution in [1.29, 1.82) is 0 Å². The number of fused-ring (bicyclic) bond motifs is 1. The van der Waals surface area contributed by atoms with Gasteiger partial charge in [0.15, 0.2) is 0 Å². The quantitative estimate of drug-likeness (QED) is 0.632. The molecule has 0 bridgehead atoms. The second kappa shape index (κ2) is 7.97. The third kappa shape index (κ3) is 3.76. The molecule has 0 saturated carbocycles. The lowest BCUT2D eigenvalue weighted by atomic mass is 9.93. The summed E-state index contributed by atoms with van der Waals surface area (Å²) in [7, 11) is 2.02. The minimum Gasteiger partial charge on any atom is -0.349 e. The Bertz CT molecular complexity index is 913. The predicted octanol–water partition coefficient (Wildman–Crippen LogP) is 5.10. The monoisotopic (exact) mass is 380 g/mol. The van der Waals surface area contributed by atoms with Gasteiger partial charge in [-0.15, -0.1) is 12.4 Å². The number of hydrogen-bond acceptors (Lipinski definition) is 4. The Kier molecular flexibility index (Phi) is 5.66. The fraction of sp³-hybridized carbons (Fsp3) is 0.273. The van der Waals surface area contributed by atoms with Crippen LogP contribution in [-0.2, 0) is 6.42 Å². The van der Waals surface area contributed by atoms with Gasteiger partial charge in [-0.1, -0.05) is 42.5 Å². The third-order valence-corrected chi connectivity index (χ3v) is 5.16. The Morgan fingerprint density at radius 2 is 1.70 bits per heavy atom. The third-order valence-electron chi connectivity index (χ3n) is 5.16. The van der Waals surface area contributed by atoms with Crippen LogP contribution in [-0.4, -0.2) is 23.6 Å². The van der Waals surface area contributed by atoms with Gasteiger partial charge in [-0.3, -0.25) is 0 Å². The summed E-state index contributed by atoms with van der Waals surface area (Å²) in [5.41, 5.74) is 4.91. The molecule has 0 radical (unpaired) electrons. The van der Waals surface area contributed by atoms with Gasteiger partial charge in [0.1, 0.15) is 5.82 Å². The zero-order chi connectivity index (χ0) is 18.1. The molecule has 1 aliphatic rings. The molecule has 140 valence electrons. The molecule has 3 aromatic rings. The summed E-state index contributed by atoms with van der Waals surface area (Å²) in [4.78, 5) is 14.0. The topological polar surface area (TPSA) is 32.3 Å². The van der Waals surface area contributed by atoms with Gasteiger partial charge in [-0.05, 0) is 43.5 Å². The molecule has 2 heterocycles. The van der Waals surface area contributed by atoms with Gasteiger partial charge in [-0.25, -0.2) is 4.98 Å². The summed E-state index contributed by atoms with van der Waals surface area (Å²) in [6, 6.07) is 21.4. The Balaban J connectivity index is 0.00000210. The molecule has 1 atom stereocenters. The maximum atomic E-state index is 4.90. The van der Waals surface area contributed by atoms with Gasteiger partial charge in [0.25, 0.3) is 0 Å². The summed E-state index contributed by atoms with van der Waals surface area (Å²) in [6.07, 6.45) is 1.05. The lowest BCUT2D eigenvalue weighted by Gasteiger charge is -2.36.